The van der Waals surface area contributed by atoms with Gasteiger partial charge in [-0.05, 0) is 55.7 Å². The molecule has 0 aliphatic rings. The minimum atomic E-state index is -2.55. The van der Waals surface area contributed by atoms with Crippen molar-refractivity contribution in [3.8, 4) is 0 Å². The van der Waals surface area contributed by atoms with Crippen LogP contribution in [-0.4, -0.2) is 30.8 Å². The van der Waals surface area contributed by atoms with Crippen LogP contribution in [0.15, 0.2) is 41.4 Å². The first-order valence-corrected chi connectivity index (χ1v) is 8.72. The molecule has 0 unspecified atom stereocenters. The van der Waals surface area contributed by atoms with Crippen LogP contribution < -0.4 is 0 Å². The minimum absolute atomic E-state index is 0.0565. The Morgan fingerprint density at radius 1 is 1.22 bits per heavy atom. The van der Waals surface area contributed by atoms with Gasteiger partial charge in [-0.1, -0.05) is 18.2 Å². The summed E-state index contributed by atoms with van der Waals surface area (Å²) in [5.74, 6) is -0.487. The third-order valence-corrected chi connectivity index (χ3v) is 4.44. The fourth-order valence-electron chi connectivity index (χ4n) is 2.46. The van der Waals surface area contributed by atoms with E-state index in [1.165, 1.54) is 18.2 Å². The Hall–Kier alpha value is -2.76. The monoisotopic (exact) mass is 374 g/mol. The fourth-order valence-corrected chi connectivity index (χ4v) is 2.46. The molecule has 27 heavy (non-hydrogen) atoms. The van der Waals surface area contributed by atoms with Gasteiger partial charge >= 0.3 is 5.97 Å². The summed E-state index contributed by atoms with van der Waals surface area (Å²) in [6, 6.07) is 9.32. The van der Waals surface area contributed by atoms with Crippen LogP contribution in [0.4, 0.5) is 14.5 Å². The minimum Gasteiger partial charge on any atom is -0.457 e. The molecule has 144 valence electrons. The summed E-state index contributed by atoms with van der Waals surface area (Å²) in [5.41, 5.74) is 3.35. The number of benzene rings is 2. The first kappa shape index (κ1) is 20.6. The highest BCUT2D eigenvalue weighted by Crippen LogP contribution is 2.25. The number of esters is 1. The molecular formula is C21H24F2N2O2. The SMILES string of the molecule is CCN(C)C=Nc1ccc(C(=O)OCc2cccc(C(F)F)c2)c(C)c1C. The van der Waals surface area contributed by atoms with Crippen LogP contribution in [-0.2, 0) is 11.3 Å². The maximum Gasteiger partial charge on any atom is 0.338 e. The molecule has 0 saturated carbocycles. The summed E-state index contributed by atoms with van der Waals surface area (Å²) in [4.78, 5) is 18.8. The maximum absolute atomic E-state index is 12.8. The molecule has 0 N–H and O–H groups in total. The molecule has 0 radical (unpaired) electrons. The highest BCUT2D eigenvalue weighted by atomic mass is 19.3. The van der Waals surface area contributed by atoms with Crippen molar-refractivity contribution >= 4 is 18.0 Å². The van der Waals surface area contributed by atoms with Gasteiger partial charge in [-0.2, -0.15) is 0 Å². The van der Waals surface area contributed by atoms with Crippen molar-refractivity contribution in [2.75, 3.05) is 13.6 Å². The molecule has 0 amide bonds. The quantitative estimate of drug-likeness (QED) is 0.380. The van der Waals surface area contributed by atoms with Crippen molar-refractivity contribution in [3.05, 3.63) is 64.2 Å². The molecule has 0 atom stereocenters. The Morgan fingerprint density at radius 2 is 1.96 bits per heavy atom. The Balaban J connectivity index is 2.11. The second kappa shape index (κ2) is 9.26. The van der Waals surface area contributed by atoms with Crippen molar-refractivity contribution in [2.24, 2.45) is 4.99 Å². The number of aliphatic imine (C=N–C) groups is 1. The van der Waals surface area contributed by atoms with E-state index in [0.717, 1.165) is 23.4 Å². The van der Waals surface area contributed by atoms with Gasteiger partial charge < -0.3 is 9.64 Å². The van der Waals surface area contributed by atoms with Gasteiger partial charge in [0.05, 0.1) is 17.6 Å². The number of hydrogen-bond donors (Lipinski definition) is 0. The zero-order valence-electron chi connectivity index (χ0n) is 16.0. The van der Waals surface area contributed by atoms with Crippen molar-refractivity contribution < 1.29 is 18.3 Å². The van der Waals surface area contributed by atoms with E-state index >= 15 is 0 Å². The van der Waals surface area contributed by atoms with Crippen LogP contribution in [0.25, 0.3) is 0 Å². The lowest BCUT2D eigenvalue weighted by Gasteiger charge is -2.13. The molecule has 0 aromatic heterocycles. The molecule has 4 nitrogen and oxygen atoms in total. The van der Waals surface area contributed by atoms with Gasteiger partial charge in [0.2, 0.25) is 0 Å². The Labute approximate surface area is 158 Å². The van der Waals surface area contributed by atoms with E-state index in [9.17, 15) is 13.6 Å². The number of halogens is 2. The zero-order valence-corrected chi connectivity index (χ0v) is 16.0. The molecule has 0 spiro atoms. The summed E-state index contributed by atoms with van der Waals surface area (Å²) in [7, 11) is 1.93. The van der Waals surface area contributed by atoms with E-state index in [2.05, 4.69) is 4.99 Å². The third kappa shape index (κ3) is 5.36. The van der Waals surface area contributed by atoms with E-state index < -0.39 is 12.4 Å². The van der Waals surface area contributed by atoms with E-state index in [1.807, 2.05) is 32.7 Å². The number of alkyl halides is 2. The smallest absolute Gasteiger partial charge is 0.338 e. The van der Waals surface area contributed by atoms with Gasteiger partial charge in [0.15, 0.2) is 0 Å². The van der Waals surface area contributed by atoms with Crippen molar-refractivity contribution in [2.45, 2.75) is 33.8 Å². The standard InChI is InChI=1S/C21H24F2N2O2/c1-5-25(4)13-24-19-10-9-18(14(2)15(19)3)21(26)27-12-16-7-6-8-17(11-16)20(22)23/h6-11,13,20H,5,12H2,1-4H3. The van der Waals surface area contributed by atoms with Crippen LogP contribution in [0.3, 0.4) is 0 Å². The molecule has 0 heterocycles. The summed E-state index contributed by atoms with van der Waals surface area (Å²) in [6.07, 6.45) is -0.805. The average molecular weight is 374 g/mol. The Kier molecular flexibility index (Phi) is 7.05. The second-order valence-electron chi connectivity index (χ2n) is 6.32. The predicted molar refractivity (Wildman–Crippen MR) is 103 cm³/mol. The molecule has 0 aliphatic heterocycles. The maximum atomic E-state index is 12.8. The first-order valence-electron chi connectivity index (χ1n) is 8.72. The largest absolute Gasteiger partial charge is 0.457 e. The number of ether oxygens (including phenoxy) is 1. The topological polar surface area (TPSA) is 41.9 Å². The Morgan fingerprint density at radius 3 is 2.63 bits per heavy atom. The normalized spacial score (nSPS) is 11.2. The van der Waals surface area contributed by atoms with E-state index in [1.54, 1.807) is 24.5 Å². The molecular weight excluding hydrogens is 350 g/mol. The van der Waals surface area contributed by atoms with Crippen LogP contribution in [0.1, 0.15) is 46.0 Å². The lowest BCUT2D eigenvalue weighted by molar-refractivity contribution is 0.0471. The molecule has 2 aromatic carbocycles. The molecule has 2 aromatic rings. The van der Waals surface area contributed by atoms with Crippen LogP contribution in [0.2, 0.25) is 0 Å². The van der Waals surface area contributed by atoms with Crippen LogP contribution in [0, 0.1) is 13.8 Å². The molecule has 0 bridgehead atoms. The lowest BCUT2D eigenvalue weighted by Crippen LogP contribution is -2.14. The lowest BCUT2D eigenvalue weighted by atomic mass is 10.0. The number of nitrogens with zero attached hydrogens (tertiary/aromatic N) is 2. The van der Waals surface area contributed by atoms with Gasteiger partial charge in [0.25, 0.3) is 6.43 Å². The summed E-state index contributed by atoms with van der Waals surface area (Å²) >= 11 is 0. The van der Waals surface area contributed by atoms with Gasteiger partial charge in [0.1, 0.15) is 6.61 Å². The molecule has 0 saturated heterocycles. The van der Waals surface area contributed by atoms with Crippen LogP contribution in [0.5, 0.6) is 0 Å². The van der Waals surface area contributed by atoms with E-state index in [0.29, 0.717) is 11.1 Å². The predicted octanol–water partition coefficient (Wildman–Crippen LogP) is 5.21. The van der Waals surface area contributed by atoms with Crippen LogP contribution >= 0.6 is 0 Å². The molecule has 2 rings (SSSR count). The highest BCUT2D eigenvalue weighted by molar-refractivity contribution is 5.92. The highest BCUT2D eigenvalue weighted by Gasteiger charge is 2.15. The first-order chi connectivity index (χ1) is 12.8. The van der Waals surface area contributed by atoms with Crippen molar-refractivity contribution in [3.63, 3.8) is 0 Å². The number of rotatable bonds is 7. The zero-order chi connectivity index (χ0) is 20.0. The summed E-state index contributed by atoms with van der Waals surface area (Å²) < 4.78 is 30.8. The van der Waals surface area contributed by atoms with Crippen molar-refractivity contribution in [1.82, 2.24) is 4.90 Å². The third-order valence-electron chi connectivity index (χ3n) is 4.44. The number of carbonyl (C=O) groups excluding carboxylic acids is 1. The van der Waals surface area contributed by atoms with E-state index in [-0.39, 0.29) is 12.2 Å². The van der Waals surface area contributed by atoms with Gasteiger partial charge in [0, 0.05) is 19.2 Å². The number of carbonyl (C=O) groups is 1. The molecule has 6 heteroatoms. The molecule has 0 fully saturated rings. The number of hydrogen-bond acceptors (Lipinski definition) is 3. The van der Waals surface area contributed by atoms with Gasteiger partial charge in [-0.3, -0.25) is 0 Å². The average Bonchev–Trinajstić information content (AvgIpc) is 2.67. The van der Waals surface area contributed by atoms with Gasteiger partial charge in [-0.15, -0.1) is 0 Å². The fraction of sp³-hybridized carbons (Fsp3) is 0.333. The van der Waals surface area contributed by atoms with Crippen molar-refractivity contribution in [1.29, 1.82) is 0 Å². The summed E-state index contributed by atoms with van der Waals surface area (Å²) in [5, 5.41) is 0. The molecule has 0 aliphatic carbocycles. The van der Waals surface area contributed by atoms with E-state index in [4.69, 9.17) is 4.74 Å². The Bertz CT molecular complexity index is 835. The summed E-state index contributed by atoms with van der Waals surface area (Å²) in [6.45, 7) is 6.56. The second-order valence-corrected chi connectivity index (χ2v) is 6.32. The van der Waals surface area contributed by atoms with Gasteiger partial charge in [-0.25, -0.2) is 18.6 Å².